The smallest absolute Gasteiger partial charge is 0.119 e. The minimum absolute atomic E-state index is 0.578. The predicted molar refractivity (Wildman–Crippen MR) is 93.4 cm³/mol. The molecule has 0 heterocycles. The van der Waals surface area contributed by atoms with Crippen molar-refractivity contribution in [3.63, 3.8) is 0 Å². The quantitative estimate of drug-likeness (QED) is 0.565. The molecule has 0 bridgehead atoms. The maximum Gasteiger partial charge on any atom is 0.119 e. The second-order valence-corrected chi connectivity index (χ2v) is 5.77. The van der Waals surface area contributed by atoms with Crippen LogP contribution < -0.4 is 4.74 Å². The maximum absolute atomic E-state index is 5.93. The normalized spacial score (nSPS) is 12.3. The molecule has 0 aliphatic rings. The van der Waals surface area contributed by atoms with Crippen molar-refractivity contribution in [3.8, 4) is 5.75 Å². The summed E-state index contributed by atoms with van der Waals surface area (Å²) in [6, 6.07) is 23.1. The van der Waals surface area contributed by atoms with Gasteiger partial charge in [-0.2, -0.15) is 0 Å². The largest absolute Gasteiger partial charge is 0.489 e. The third-order valence-electron chi connectivity index (χ3n) is 4.33. The van der Waals surface area contributed by atoms with E-state index in [2.05, 4.69) is 50.2 Å². The van der Waals surface area contributed by atoms with E-state index in [1.807, 2.05) is 30.3 Å². The summed E-state index contributed by atoms with van der Waals surface area (Å²) < 4.78 is 5.93. The first kappa shape index (κ1) is 14.6. The summed E-state index contributed by atoms with van der Waals surface area (Å²) in [5.41, 5.74) is 2.67. The van der Waals surface area contributed by atoms with Crippen molar-refractivity contribution in [2.75, 3.05) is 0 Å². The van der Waals surface area contributed by atoms with Crippen molar-refractivity contribution in [1.29, 1.82) is 0 Å². The average molecular weight is 290 g/mol. The van der Waals surface area contributed by atoms with E-state index in [-0.39, 0.29) is 0 Å². The van der Waals surface area contributed by atoms with Crippen molar-refractivity contribution < 1.29 is 4.74 Å². The predicted octanol–water partition coefficient (Wildman–Crippen LogP) is 5.93. The number of para-hydroxylation sites is 1. The van der Waals surface area contributed by atoms with Gasteiger partial charge in [0.1, 0.15) is 12.4 Å². The standard InChI is InChI=1S/C21H22O/c1-3-16(2)19-14-13-17(20-11-7-8-12-21(19)20)15-22-18-9-5-4-6-10-18/h4-14,16H,3,15H2,1-2H3. The fourth-order valence-corrected chi connectivity index (χ4v) is 2.84. The van der Waals surface area contributed by atoms with Crippen molar-refractivity contribution in [2.24, 2.45) is 0 Å². The lowest BCUT2D eigenvalue weighted by molar-refractivity contribution is 0.307. The van der Waals surface area contributed by atoms with Crippen molar-refractivity contribution in [1.82, 2.24) is 0 Å². The van der Waals surface area contributed by atoms with E-state index in [0.717, 1.165) is 12.2 Å². The zero-order valence-electron chi connectivity index (χ0n) is 13.3. The molecule has 0 amide bonds. The van der Waals surface area contributed by atoms with Crippen LogP contribution in [0.4, 0.5) is 0 Å². The fraction of sp³-hybridized carbons (Fsp3) is 0.238. The van der Waals surface area contributed by atoms with Crippen LogP contribution in [0.2, 0.25) is 0 Å². The SMILES string of the molecule is CCC(C)c1ccc(COc2ccccc2)c2ccccc12. The summed E-state index contributed by atoms with van der Waals surface area (Å²) in [5.74, 6) is 1.49. The number of rotatable bonds is 5. The minimum atomic E-state index is 0.578. The van der Waals surface area contributed by atoms with Crippen LogP contribution in [0.25, 0.3) is 10.8 Å². The zero-order chi connectivity index (χ0) is 15.4. The number of hydrogen-bond acceptors (Lipinski definition) is 1. The van der Waals surface area contributed by atoms with Gasteiger partial charge in [0.2, 0.25) is 0 Å². The van der Waals surface area contributed by atoms with Gasteiger partial charge in [-0.25, -0.2) is 0 Å². The molecule has 1 nitrogen and oxygen atoms in total. The van der Waals surface area contributed by atoms with E-state index >= 15 is 0 Å². The first-order valence-electron chi connectivity index (χ1n) is 7.98. The van der Waals surface area contributed by atoms with Crippen LogP contribution in [0, 0.1) is 0 Å². The lowest BCUT2D eigenvalue weighted by Gasteiger charge is -2.16. The summed E-state index contributed by atoms with van der Waals surface area (Å²) in [5, 5.41) is 2.65. The van der Waals surface area contributed by atoms with Crippen molar-refractivity contribution >= 4 is 10.8 Å². The van der Waals surface area contributed by atoms with E-state index in [0.29, 0.717) is 12.5 Å². The van der Waals surface area contributed by atoms with E-state index in [4.69, 9.17) is 4.74 Å². The number of hydrogen-bond donors (Lipinski definition) is 0. The lowest BCUT2D eigenvalue weighted by Crippen LogP contribution is -1.99. The molecule has 0 fully saturated rings. The van der Waals surface area contributed by atoms with Gasteiger partial charge in [-0.3, -0.25) is 0 Å². The molecule has 0 spiro atoms. The molecule has 0 N–H and O–H groups in total. The molecular weight excluding hydrogens is 268 g/mol. The monoisotopic (exact) mass is 290 g/mol. The molecule has 1 unspecified atom stereocenters. The molecule has 0 aliphatic heterocycles. The highest BCUT2D eigenvalue weighted by Crippen LogP contribution is 2.30. The van der Waals surface area contributed by atoms with E-state index in [1.165, 1.54) is 21.9 Å². The Labute approximate surface area is 132 Å². The first-order valence-corrected chi connectivity index (χ1v) is 7.98. The highest BCUT2D eigenvalue weighted by Gasteiger charge is 2.10. The molecular formula is C21H22O. The van der Waals surface area contributed by atoms with Crippen LogP contribution in [-0.4, -0.2) is 0 Å². The minimum Gasteiger partial charge on any atom is -0.489 e. The average Bonchev–Trinajstić information content (AvgIpc) is 2.60. The Hall–Kier alpha value is -2.28. The Morgan fingerprint density at radius 3 is 2.23 bits per heavy atom. The summed E-state index contributed by atoms with van der Waals surface area (Å²) in [6.45, 7) is 5.14. The maximum atomic E-state index is 5.93. The van der Waals surface area contributed by atoms with Crippen LogP contribution in [0.5, 0.6) is 5.75 Å². The Morgan fingerprint density at radius 1 is 0.818 bits per heavy atom. The second-order valence-electron chi connectivity index (χ2n) is 5.77. The summed E-state index contributed by atoms with van der Waals surface area (Å²) in [4.78, 5) is 0. The lowest BCUT2D eigenvalue weighted by atomic mass is 9.91. The number of ether oxygens (including phenoxy) is 1. The first-order chi connectivity index (χ1) is 10.8. The third-order valence-corrected chi connectivity index (χ3v) is 4.33. The summed E-state index contributed by atoms with van der Waals surface area (Å²) in [6.07, 6.45) is 1.16. The second kappa shape index (κ2) is 6.65. The Balaban J connectivity index is 1.94. The molecule has 0 saturated carbocycles. The zero-order valence-corrected chi connectivity index (χ0v) is 13.3. The Kier molecular flexibility index (Phi) is 4.43. The van der Waals surface area contributed by atoms with Crippen LogP contribution in [0.15, 0.2) is 66.7 Å². The van der Waals surface area contributed by atoms with Gasteiger partial charge >= 0.3 is 0 Å². The fourth-order valence-electron chi connectivity index (χ4n) is 2.84. The molecule has 0 radical (unpaired) electrons. The molecule has 112 valence electrons. The van der Waals surface area contributed by atoms with Crippen molar-refractivity contribution in [3.05, 3.63) is 77.9 Å². The molecule has 3 aromatic rings. The molecule has 3 aromatic carbocycles. The molecule has 0 saturated heterocycles. The van der Waals surface area contributed by atoms with Gasteiger partial charge in [0.05, 0.1) is 0 Å². The van der Waals surface area contributed by atoms with Gasteiger partial charge < -0.3 is 4.74 Å². The molecule has 3 rings (SSSR count). The highest BCUT2D eigenvalue weighted by atomic mass is 16.5. The Bertz CT molecular complexity index is 746. The van der Waals surface area contributed by atoms with Gasteiger partial charge in [-0.1, -0.05) is 68.4 Å². The van der Waals surface area contributed by atoms with Crippen LogP contribution >= 0.6 is 0 Å². The molecule has 1 atom stereocenters. The van der Waals surface area contributed by atoms with Crippen molar-refractivity contribution in [2.45, 2.75) is 32.8 Å². The van der Waals surface area contributed by atoms with Gasteiger partial charge in [0, 0.05) is 0 Å². The number of fused-ring (bicyclic) bond motifs is 1. The van der Waals surface area contributed by atoms with E-state index < -0.39 is 0 Å². The topological polar surface area (TPSA) is 9.23 Å². The van der Waals surface area contributed by atoms with Gasteiger partial charge in [-0.05, 0) is 46.4 Å². The Morgan fingerprint density at radius 2 is 1.50 bits per heavy atom. The van der Waals surface area contributed by atoms with Gasteiger partial charge in [-0.15, -0.1) is 0 Å². The van der Waals surface area contributed by atoms with E-state index in [1.54, 1.807) is 0 Å². The molecule has 1 heteroatoms. The van der Waals surface area contributed by atoms with Gasteiger partial charge in [0.15, 0.2) is 0 Å². The number of benzene rings is 3. The molecule has 22 heavy (non-hydrogen) atoms. The van der Waals surface area contributed by atoms with Crippen LogP contribution in [0.3, 0.4) is 0 Å². The summed E-state index contributed by atoms with van der Waals surface area (Å²) >= 11 is 0. The third kappa shape index (κ3) is 2.99. The van der Waals surface area contributed by atoms with Crippen LogP contribution in [-0.2, 0) is 6.61 Å². The van der Waals surface area contributed by atoms with Gasteiger partial charge in [0.25, 0.3) is 0 Å². The van der Waals surface area contributed by atoms with Crippen LogP contribution in [0.1, 0.15) is 37.3 Å². The highest BCUT2D eigenvalue weighted by molar-refractivity contribution is 5.89. The molecule has 0 aliphatic carbocycles. The summed E-state index contributed by atoms with van der Waals surface area (Å²) in [7, 11) is 0. The van der Waals surface area contributed by atoms with E-state index in [9.17, 15) is 0 Å². The molecule has 0 aromatic heterocycles.